The van der Waals surface area contributed by atoms with Crippen LogP contribution in [0.2, 0.25) is 0 Å². The lowest BCUT2D eigenvalue weighted by Gasteiger charge is -2.07. The number of nitrogens with zero attached hydrogens (tertiary/aromatic N) is 2. The van der Waals surface area contributed by atoms with Gasteiger partial charge in [-0.1, -0.05) is 53.7 Å². The van der Waals surface area contributed by atoms with E-state index in [9.17, 15) is 4.79 Å². The van der Waals surface area contributed by atoms with Gasteiger partial charge in [0.15, 0.2) is 5.82 Å². The second-order valence-electron chi connectivity index (χ2n) is 5.66. The molecule has 0 saturated heterocycles. The lowest BCUT2D eigenvalue weighted by Crippen LogP contribution is -2.10. The summed E-state index contributed by atoms with van der Waals surface area (Å²) in [5.74, 6) is 0.833. The van der Waals surface area contributed by atoms with Crippen LogP contribution in [0, 0.1) is 0 Å². The van der Waals surface area contributed by atoms with E-state index >= 15 is 0 Å². The molecule has 0 unspecified atom stereocenters. The highest BCUT2D eigenvalue weighted by Gasteiger charge is 2.15. The molecular formula is C20H15N3O2S. The molecule has 0 radical (unpaired) electrons. The van der Waals surface area contributed by atoms with Crippen molar-refractivity contribution in [2.75, 3.05) is 5.32 Å². The largest absolute Gasteiger partial charge is 0.334 e. The van der Waals surface area contributed by atoms with Gasteiger partial charge in [-0.15, -0.1) is 11.3 Å². The van der Waals surface area contributed by atoms with Gasteiger partial charge in [0.05, 0.1) is 16.1 Å². The summed E-state index contributed by atoms with van der Waals surface area (Å²) in [5, 5.41) is 8.85. The van der Waals surface area contributed by atoms with Crippen LogP contribution in [0.25, 0.3) is 11.5 Å². The van der Waals surface area contributed by atoms with Crippen LogP contribution < -0.4 is 5.32 Å². The summed E-state index contributed by atoms with van der Waals surface area (Å²) in [5.41, 5.74) is 2.45. The number of carbonyl (C=O) groups is 1. The van der Waals surface area contributed by atoms with Crippen molar-refractivity contribution in [3.63, 3.8) is 0 Å². The van der Waals surface area contributed by atoms with Gasteiger partial charge in [-0.05, 0) is 29.1 Å². The molecule has 6 heteroatoms. The van der Waals surface area contributed by atoms with Crippen LogP contribution in [0.15, 0.2) is 76.6 Å². The number of hydrogen-bond acceptors (Lipinski definition) is 5. The molecule has 4 rings (SSSR count). The predicted molar refractivity (Wildman–Crippen MR) is 101 cm³/mol. The third-order valence-electron chi connectivity index (χ3n) is 3.82. The summed E-state index contributed by atoms with van der Waals surface area (Å²) in [7, 11) is 0. The van der Waals surface area contributed by atoms with Gasteiger partial charge >= 0.3 is 0 Å². The van der Waals surface area contributed by atoms with Crippen LogP contribution in [0.3, 0.4) is 0 Å². The lowest BCUT2D eigenvalue weighted by atomic mass is 10.1. The van der Waals surface area contributed by atoms with Gasteiger partial charge in [-0.25, -0.2) is 0 Å². The van der Waals surface area contributed by atoms with E-state index in [0.717, 1.165) is 5.56 Å². The first-order valence-corrected chi connectivity index (χ1v) is 8.98. The third-order valence-corrected chi connectivity index (χ3v) is 4.69. The molecule has 0 aliphatic heterocycles. The number of aromatic nitrogens is 2. The Bertz CT molecular complexity index is 1010. The molecule has 4 aromatic rings. The summed E-state index contributed by atoms with van der Waals surface area (Å²) < 4.78 is 5.43. The van der Waals surface area contributed by atoms with E-state index in [1.807, 2.05) is 66.0 Å². The number of carbonyl (C=O) groups excluding carboxylic acids is 1. The van der Waals surface area contributed by atoms with E-state index in [0.29, 0.717) is 34.3 Å². The Kier molecular flexibility index (Phi) is 4.57. The van der Waals surface area contributed by atoms with Gasteiger partial charge in [0.1, 0.15) is 0 Å². The predicted octanol–water partition coefficient (Wildman–Crippen LogP) is 4.64. The molecule has 0 spiro atoms. The number of anilines is 1. The zero-order chi connectivity index (χ0) is 17.8. The fraction of sp³-hybridized carbons (Fsp3) is 0.0500. The third kappa shape index (κ3) is 3.55. The Morgan fingerprint density at radius 3 is 2.62 bits per heavy atom. The topological polar surface area (TPSA) is 68.0 Å². The Balaban J connectivity index is 1.57. The van der Waals surface area contributed by atoms with Crippen LogP contribution in [0.1, 0.15) is 21.1 Å². The summed E-state index contributed by atoms with van der Waals surface area (Å²) >= 11 is 1.39. The van der Waals surface area contributed by atoms with Crippen molar-refractivity contribution in [1.82, 2.24) is 10.1 Å². The van der Waals surface area contributed by atoms with Gasteiger partial charge in [0.25, 0.3) is 11.8 Å². The zero-order valence-corrected chi connectivity index (χ0v) is 14.6. The molecule has 128 valence electrons. The van der Waals surface area contributed by atoms with Crippen molar-refractivity contribution in [3.05, 3.63) is 88.4 Å². The molecule has 0 aliphatic carbocycles. The SMILES string of the molecule is O=C(Nc1ccccc1-c1nc(Cc2ccccc2)no1)c1cccs1. The van der Waals surface area contributed by atoms with Crippen molar-refractivity contribution in [2.45, 2.75) is 6.42 Å². The summed E-state index contributed by atoms with van der Waals surface area (Å²) in [6.07, 6.45) is 0.591. The number of nitrogens with one attached hydrogen (secondary N) is 1. The van der Waals surface area contributed by atoms with Crippen molar-refractivity contribution in [1.29, 1.82) is 0 Å². The molecule has 1 N–H and O–H groups in total. The zero-order valence-electron chi connectivity index (χ0n) is 13.8. The van der Waals surface area contributed by atoms with Gasteiger partial charge in [0, 0.05) is 6.42 Å². The quantitative estimate of drug-likeness (QED) is 0.562. The van der Waals surface area contributed by atoms with Gasteiger partial charge in [0.2, 0.25) is 0 Å². The molecule has 5 nitrogen and oxygen atoms in total. The minimum Gasteiger partial charge on any atom is -0.334 e. The number of para-hydroxylation sites is 1. The van der Waals surface area contributed by atoms with Crippen LogP contribution in [0.4, 0.5) is 5.69 Å². The summed E-state index contributed by atoms with van der Waals surface area (Å²) in [6, 6.07) is 21.0. The minimum atomic E-state index is -0.156. The molecular weight excluding hydrogens is 346 g/mol. The maximum Gasteiger partial charge on any atom is 0.265 e. The highest BCUT2D eigenvalue weighted by Crippen LogP contribution is 2.27. The van der Waals surface area contributed by atoms with Crippen LogP contribution in [-0.4, -0.2) is 16.0 Å². The van der Waals surface area contributed by atoms with Crippen LogP contribution in [0.5, 0.6) is 0 Å². The van der Waals surface area contributed by atoms with Gasteiger partial charge < -0.3 is 9.84 Å². The maximum absolute atomic E-state index is 12.3. The molecule has 0 fully saturated rings. The van der Waals surface area contributed by atoms with E-state index in [2.05, 4.69) is 15.5 Å². The first-order chi connectivity index (χ1) is 12.8. The maximum atomic E-state index is 12.3. The fourth-order valence-corrected chi connectivity index (χ4v) is 3.20. The first-order valence-electron chi connectivity index (χ1n) is 8.10. The standard InChI is InChI=1S/C20H15N3O2S/c24-19(17-11-6-12-26-17)21-16-10-5-4-9-15(16)20-22-18(23-25-20)13-14-7-2-1-3-8-14/h1-12H,13H2,(H,21,24). The summed E-state index contributed by atoms with van der Waals surface area (Å²) in [6.45, 7) is 0. The molecule has 26 heavy (non-hydrogen) atoms. The molecule has 0 bridgehead atoms. The number of amides is 1. The summed E-state index contributed by atoms with van der Waals surface area (Å²) in [4.78, 5) is 17.5. The Hall–Kier alpha value is -3.25. The molecule has 0 aliphatic rings. The van der Waals surface area contributed by atoms with Crippen molar-refractivity contribution in [2.24, 2.45) is 0 Å². The molecule has 2 heterocycles. The van der Waals surface area contributed by atoms with Gasteiger partial charge in [-0.2, -0.15) is 4.98 Å². The molecule has 2 aromatic carbocycles. The number of hydrogen-bond donors (Lipinski definition) is 1. The molecule has 0 saturated carbocycles. The van der Waals surface area contributed by atoms with E-state index in [4.69, 9.17) is 4.52 Å². The molecule has 2 aromatic heterocycles. The van der Waals surface area contributed by atoms with Crippen molar-refractivity contribution < 1.29 is 9.32 Å². The molecule has 1 amide bonds. The first kappa shape index (κ1) is 16.2. The highest BCUT2D eigenvalue weighted by molar-refractivity contribution is 7.12. The van der Waals surface area contributed by atoms with Crippen molar-refractivity contribution >= 4 is 22.9 Å². The van der Waals surface area contributed by atoms with Crippen molar-refractivity contribution in [3.8, 4) is 11.5 Å². The van der Waals surface area contributed by atoms with Crippen LogP contribution in [-0.2, 0) is 6.42 Å². The van der Waals surface area contributed by atoms with Crippen LogP contribution >= 0.6 is 11.3 Å². The average Bonchev–Trinajstić information content (AvgIpc) is 3.35. The lowest BCUT2D eigenvalue weighted by molar-refractivity contribution is 0.103. The van der Waals surface area contributed by atoms with E-state index in [1.165, 1.54) is 11.3 Å². The fourth-order valence-electron chi connectivity index (χ4n) is 2.58. The Morgan fingerprint density at radius 1 is 1.00 bits per heavy atom. The average molecular weight is 361 g/mol. The van der Waals surface area contributed by atoms with E-state index in [1.54, 1.807) is 6.07 Å². The Labute approximate surface area is 154 Å². The molecule has 0 atom stereocenters. The smallest absolute Gasteiger partial charge is 0.265 e. The number of rotatable bonds is 5. The second-order valence-corrected chi connectivity index (χ2v) is 6.60. The Morgan fingerprint density at radius 2 is 1.81 bits per heavy atom. The minimum absolute atomic E-state index is 0.156. The number of thiophene rings is 1. The normalized spacial score (nSPS) is 10.6. The van der Waals surface area contributed by atoms with E-state index < -0.39 is 0 Å². The second kappa shape index (κ2) is 7.33. The van der Waals surface area contributed by atoms with E-state index in [-0.39, 0.29) is 5.91 Å². The highest BCUT2D eigenvalue weighted by atomic mass is 32.1. The monoisotopic (exact) mass is 361 g/mol. The van der Waals surface area contributed by atoms with Gasteiger partial charge in [-0.3, -0.25) is 4.79 Å². The number of benzene rings is 2.